The molecule has 0 saturated carbocycles. The molecule has 0 saturated heterocycles. The summed E-state index contributed by atoms with van der Waals surface area (Å²) in [5.41, 5.74) is 0.991. The molecule has 0 unspecified atom stereocenters. The molecule has 0 N–H and O–H groups in total. The summed E-state index contributed by atoms with van der Waals surface area (Å²) < 4.78 is 0. The summed E-state index contributed by atoms with van der Waals surface area (Å²) in [5.74, 6) is 0. The summed E-state index contributed by atoms with van der Waals surface area (Å²) in [6.07, 6.45) is 0.766. The number of nitro benzene ring substituents is 1. The minimum absolute atomic E-state index is 0.129. The van der Waals surface area contributed by atoms with Crippen molar-refractivity contribution in [2.24, 2.45) is 0 Å². The number of aryl methyl sites for hydroxylation is 1. The second-order valence-electron chi connectivity index (χ2n) is 2.27. The molecule has 0 heterocycles. The van der Waals surface area contributed by atoms with Crippen molar-refractivity contribution in [3.05, 3.63) is 39.9 Å². The Labute approximate surface area is 78.7 Å². The topological polar surface area (TPSA) is 43.1 Å². The molecule has 1 aromatic rings. The molecule has 0 aliphatic rings. The first-order chi connectivity index (χ1) is 5.74. The van der Waals surface area contributed by atoms with Gasteiger partial charge in [0.05, 0.1) is 4.92 Å². The number of hydrogen-bond acceptors (Lipinski definition) is 2. The number of hydrogen-bond donors (Lipinski definition) is 0. The van der Waals surface area contributed by atoms with E-state index in [1.807, 2.05) is 0 Å². The third-order valence-corrected chi connectivity index (χ3v) is 1.82. The Morgan fingerprint density at radius 1 is 1.67 bits per heavy atom. The van der Waals surface area contributed by atoms with Crippen molar-refractivity contribution < 1.29 is 4.92 Å². The Bertz CT molecular complexity index is 288. The van der Waals surface area contributed by atoms with Gasteiger partial charge in [0.15, 0.2) is 0 Å². The SMILES string of the molecule is O=[N+]([O-])c1cc[c]c(CCBr)c1. The number of halogens is 1. The van der Waals surface area contributed by atoms with Gasteiger partial charge in [-0.2, -0.15) is 0 Å². The van der Waals surface area contributed by atoms with Gasteiger partial charge in [0, 0.05) is 17.5 Å². The van der Waals surface area contributed by atoms with Gasteiger partial charge in [-0.15, -0.1) is 0 Å². The van der Waals surface area contributed by atoms with Gasteiger partial charge in [-0.3, -0.25) is 10.1 Å². The van der Waals surface area contributed by atoms with Crippen LogP contribution in [0.4, 0.5) is 5.69 Å². The molecule has 0 aliphatic carbocycles. The highest BCUT2D eigenvalue weighted by Crippen LogP contribution is 2.13. The number of rotatable bonds is 3. The van der Waals surface area contributed by atoms with E-state index in [9.17, 15) is 10.1 Å². The van der Waals surface area contributed by atoms with E-state index in [2.05, 4.69) is 22.0 Å². The highest BCUT2D eigenvalue weighted by molar-refractivity contribution is 9.09. The van der Waals surface area contributed by atoms with Crippen LogP contribution in [-0.2, 0) is 6.42 Å². The molecule has 0 fully saturated rings. The molecule has 63 valence electrons. The van der Waals surface area contributed by atoms with Crippen molar-refractivity contribution in [1.29, 1.82) is 0 Å². The van der Waals surface area contributed by atoms with Gasteiger partial charge in [0.1, 0.15) is 0 Å². The lowest BCUT2D eigenvalue weighted by Crippen LogP contribution is -1.91. The maximum atomic E-state index is 10.3. The molecule has 0 atom stereocenters. The predicted molar refractivity (Wildman–Crippen MR) is 49.4 cm³/mol. The van der Waals surface area contributed by atoms with E-state index in [0.29, 0.717) is 0 Å². The first-order valence-corrected chi connectivity index (χ1v) is 4.57. The average molecular weight is 229 g/mol. The zero-order valence-electron chi connectivity index (χ0n) is 6.29. The normalized spacial score (nSPS) is 9.75. The summed E-state index contributed by atoms with van der Waals surface area (Å²) in [4.78, 5) is 9.94. The van der Waals surface area contributed by atoms with Crippen LogP contribution in [0.2, 0.25) is 0 Å². The number of nitro groups is 1. The zero-order chi connectivity index (χ0) is 8.97. The molecule has 0 spiro atoms. The van der Waals surface area contributed by atoms with E-state index in [1.165, 1.54) is 6.07 Å². The first kappa shape index (κ1) is 9.19. The van der Waals surface area contributed by atoms with Crippen LogP contribution >= 0.6 is 15.9 Å². The molecule has 3 nitrogen and oxygen atoms in total. The smallest absolute Gasteiger partial charge is 0.258 e. The Balaban J connectivity index is 2.88. The molecule has 12 heavy (non-hydrogen) atoms. The second-order valence-corrected chi connectivity index (χ2v) is 3.06. The molecule has 0 amide bonds. The van der Waals surface area contributed by atoms with Crippen molar-refractivity contribution in [3.8, 4) is 0 Å². The molecule has 0 aromatic heterocycles. The van der Waals surface area contributed by atoms with Gasteiger partial charge in [-0.1, -0.05) is 15.9 Å². The minimum Gasteiger partial charge on any atom is -0.258 e. The van der Waals surface area contributed by atoms with Gasteiger partial charge >= 0.3 is 0 Å². The van der Waals surface area contributed by atoms with Crippen LogP contribution in [0.25, 0.3) is 0 Å². The fraction of sp³-hybridized carbons (Fsp3) is 0.250. The maximum absolute atomic E-state index is 10.3. The lowest BCUT2D eigenvalue weighted by atomic mass is 10.1. The Hall–Kier alpha value is -0.900. The van der Waals surface area contributed by atoms with Crippen molar-refractivity contribution in [1.82, 2.24) is 0 Å². The third kappa shape index (κ3) is 2.30. The Morgan fingerprint density at radius 3 is 3.00 bits per heavy atom. The van der Waals surface area contributed by atoms with Crippen molar-refractivity contribution in [2.45, 2.75) is 6.42 Å². The van der Waals surface area contributed by atoms with E-state index in [-0.39, 0.29) is 5.69 Å². The summed E-state index contributed by atoms with van der Waals surface area (Å²) in [7, 11) is 0. The number of non-ortho nitro benzene ring substituents is 1. The monoisotopic (exact) mass is 228 g/mol. The van der Waals surface area contributed by atoms with Gasteiger partial charge in [0.25, 0.3) is 5.69 Å². The summed E-state index contributed by atoms with van der Waals surface area (Å²) >= 11 is 3.26. The molecule has 4 heteroatoms. The standard InChI is InChI=1S/C8H7BrNO2/c9-5-4-7-2-1-3-8(6-7)10(11)12/h1,3,6H,4-5H2. The Morgan fingerprint density at radius 2 is 2.42 bits per heavy atom. The van der Waals surface area contributed by atoms with Crippen LogP contribution in [0.5, 0.6) is 0 Å². The average Bonchev–Trinajstić information content (AvgIpc) is 2.05. The van der Waals surface area contributed by atoms with E-state index in [0.717, 1.165) is 17.3 Å². The summed E-state index contributed by atoms with van der Waals surface area (Å²) in [6.45, 7) is 0. The molecule has 0 bridgehead atoms. The van der Waals surface area contributed by atoms with Gasteiger partial charge in [-0.25, -0.2) is 0 Å². The minimum atomic E-state index is -0.397. The fourth-order valence-corrected chi connectivity index (χ4v) is 1.29. The zero-order valence-corrected chi connectivity index (χ0v) is 7.87. The maximum Gasteiger partial charge on any atom is 0.269 e. The van der Waals surface area contributed by atoms with E-state index < -0.39 is 4.92 Å². The Kier molecular flexibility index (Phi) is 3.22. The van der Waals surface area contributed by atoms with Gasteiger partial charge in [0.2, 0.25) is 0 Å². The fourth-order valence-electron chi connectivity index (χ4n) is 0.862. The lowest BCUT2D eigenvalue weighted by molar-refractivity contribution is -0.384. The molecular formula is C8H7BrNO2. The number of alkyl halides is 1. The van der Waals surface area contributed by atoms with Crippen molar-refractivity contribution in [3.63, 3.8) is 0 Å². The van der Waals surface area contributed by atoms with Crippen LogP contribution in [-0.4, -0.2) is 10.3 Å². The lowest BCUT2D eigenvalue weighted by Gasteiger charge is -1.95. The van der Waals surface area contributed by atoms with E-state index >= 15 is 0 Å². The second kappa shape index (κ2) is 4.21. The third-order valence-electron chi connectivity index (χ3n) is 1.42. The largest absolute Gasteiger partial charge is 0.269 e. The summed E-state index contributed by atoms with van der Waals surface area (Å²) in [5, 5.41) is 11.1. The van der Waals surface area contributed by atoms with Crippen LogP contribution in [0, 0.1) is 16.2 Å². The van der Waals surface area contributed by atoms with Crippen LogP contribution < -0.4 is 0 Å². The first-order valence-electron chi connectivity index (χ1n) is 3.45. The molecule has 1 radical (unpaired) electrons. The van der Waals surface area contributed by atoms with Crippen molar-refractivity contribution in [2.75, 3.05) is 5.33 Å². The highest BCUT2D eigenvalue weighted by atomic mass is 79.9. The molecule has 1 aromatic carbocycles. The van der Waals surface area contributed by atoms with Crippen LogP contribution in [0.3, 0.4) is 0 Å². The summed E-state index contributed by atoms with van der Waals surface area (Å²) in [6, 6.07) is 7.49. The molecular weight excluding hydrogens is 222 g/mol. The highest BCUT2D eigenvalue weighted by Gasteiger charge is 2.04. The molecule has 0 aliphatic heterocycles. The predicted octanol–water partition coefficient (Wildman–Crippen LogP) is 2.33. The quantitative estimate of drug-likeness (QED) is 0.453. The van der Waals surface area contributed by atoms with Gasteiger partial charge in [-0.05, 0) is 24.1 Å². The van der Waals surface area contributed by atoms with E-state index in [1.54, 1.807) is 12.1 Å². The van der Waals surface area contributed by atoms with Gasteiger partial charge < -0.3 is 0 Å². The van der Waals surface area contributed by atoms with Crippen molar-refractivity contribution >= 4 is 21.6 Å². The van der Waals surface area contributed by atoms with Crippen LogP contribution in [0.15, 0.2) is 18.2 Å². The molecule has 1 rings (SSSR count). The number of benzene rings is 1. The van der Waals surface area contributed by atoms with E-state index in [4.69, 9.17) is 0 Å². The number of nitrogens with zero attached hydrogens (tertiary/aromatic N) is 1. The van der Waals surface area contributed by atoms with Crippen LogP contribution in [0.1, 0.15) is 5.56 Å².